The second-order valence-electron chi connectivity index (χ2n) is 9.55. The normalized spacial score (nSPS) is 29.6. The lowest BCUT2D eigenvalue weighted by Gasteiger charge is -2.55. The first-order valence-corrected chi connectivity index (χ1v) is 10.5. The van der Waals surface area contributed by atoms with E-state index in [0.717, 1.165) is 25.3 Å². The molecule has 4 bridgehead atoms. The lowest BCUT2D eigenvalue weighted by atomic mass is 9.49. The second-order valence-corrected chi connectivity index (χ2v) is 9.55. The Morgan fingerprint density at radius 2 is 1.63 bits per heavy atom. The van der Waals surface area contributed by atoms with Crippen LogP contribution in [-0.4, -0.2) is 32.5 Å². The Hall–Kier alpha value is -2.25. The summed E-state index contributed by atoms with van der Waals surface area (Å²) in [7, 11) is 3.29. The minimum Gasteiger partial charge on any atom is -0.378 e. The van der Waals surface area contributed by atoms with Crippen LogP contribution >= 0.6 is 0 Å². The Morgan fingerprint density at radius 1 is 1.07 bits per heavy atom. The first-order valence-electron chi connectivity index (χ1n) is 10.5. The quantitative estimate of drug-likeness (QED) is 0.751. The van der Waals surface area contributed by atoms with Crippen molar-refractivity contribution in [3.8, 4) is 0 Å². The summed E-state index contributed by atoms with van der Waals surface area (Å²) >= 11 is 0. The molecule has 164 valence electrons. The third kappa shape index (κ3) is 4.01. The van der Waals surface area contributed by atoms with Crippen molar-refractivity contribution < 1.29 is 22.8 Å². The van der Waals surface area contributed by atoms with E-state index in [0.29, 0.717) is 23.4 Å². The lowest BCUT2D eigenvalue weighted by Crippen LogP contribution is -2.54. The summed E-state index contributed by atoms with van der Waals surface area (Å²) in [4.78, 5) is 26.8. The number of nitrogens with one attached hydrogen (secondary N) is 2. The molecule has 0 spiro atoms. The van der Waals surface area contributed by atoms with Crippen LogP contribution in [0.4, 0.5) is 24.5 Å². The first-order chi connectivity index (χ1) is 14.1. The zero-order valence-corrected chi connectivity index (χ0v) is 17.3. The summed E-state index contributed by atoms with van der Waals surface area (Å²) in [6, 6.07) is 3.76. The van der Waals surface area contributed by atoms with Gasteiger partial charge in [0, 0.05) is 25.2 Å². The molecule has 8 heteroatoms. The molecule has 0 aliphatic heterocycles. The van der Waals surface area contributed by atoms with E-state index in [1.165, 1.54) is 31.4 Å². The predicted octanol–water partition coefficient (Wildman–Crippen LogP) is 4.04. The Bertz CT molecular complexity index is 815. The van der Waals surface area contributed by atoms with Crippen molar-refractivity contribution in [2.75, 3.05) is 30.9 Å². The van der Waals surface area contributed by atoms with Crippen molar-refractivity contribution in [1.82, 2.24) is 5.32 Å². The standard InChI is InChI=1S/C22H28F3N3O2/c1-28(2)16-3-4-18(17(8-16)22(23,24)25)27-19(29)12-26-20(30)21-9-13-5-14(10-21)7-15(6-13)11-21/h3-4,8,13-15H,5-7,9-12H2,1-2H3,(H,26,30)(H,27,29). The number of amides is 2. The van der Waals surface area contributed by atoms with Crippen LogP contribution in [-0.2, 0) is 15.8 Å². The zero-order valence-electron chi connectivity index (χ0n) is 17.3. The maximum Gasteiger partial charge on any atom is 0.418 e. The molecule has 0 aromatic heterocycles. The molecule has 4 aliphatic rings. The van der Waals surface area contributed by atoms with Gasteiger partial charge in [0.05, 0.1) is 17.8 Å². The number of anilines is 2. The Labute approximate surface area is 174 Å². The summed E-state index contributed by atoms with van der Waals surface area (Å²) in [6.07, 6.45) is 1.63. The molecular formula is C22H28F3N3O2. The molecule has 0 atom stereocenters. The fraction of sp³-hybridized carbons (Fsp3) is 0.636. The van der Waals surface area contributed by atoms with Gasteiger partial charge in [-0.2, -0.15) is 13.2 Å². The molecule has 2 amide bonds. The van der Waals surface area contributed by atoms with Gasteiger partial charge in [0.2, 0.25) is 11.8 Å². The molecule has 0 unspecified atom stereocenters. The molecule has 5 nitrogen and oxygen atoms in total. The zero-order chi connectivity index (χ0) is 21.7. The minimum absolute atomic E-state index is 0.115. The van der Waals surface area contributed by atoms with Gasteiger partial charge in [-0.25, -0.2) is 0 Å². The highest BCUT2D eigenvalue weighted by atomic mass is 19.4. The van der Waals surface area contributed by atoms with Crippen molar-refractivity contribution in [1.29, 1.82) is 0 Å². The molecule has 30 heavy (non-hydrogen) atoms. The van der Waals surface area contributed by atoms with E-state index in [1.54, 1.807) is 19.0 Å². The van der Waals surface area contributed by atoms with Crippen LogP contribution in [0.25, 0.3) is 0 Å². The fourth-order valence-electron chi connectivity index (χ4n) is 6.09. The highest BCUT2D eigenvalue weighted by molar-refractivity contribution is 5.96. The van der Waals surface area contributed by atoms with E-state index in [2.05, 4.69) is 10.6 Å². The van der Waals surface area contributed by atoms with Gasteiger partial charge >= 0.3 is 6.18 Å². The Kier molecular flexibility index (Phi) is 5.22. The monoisotopic (exact) mass is 423 g/mol. The van der Waals surface area contributed by atoms with Crippen LogP contribution < -0.4 is 15.5 Å². The maximum atomic E-state index is 13.4. The lowest BCUT2D eigenvalue weighted by molar-refractivity contribution is -0.147. The molecule has 1 aromatic carbocycles. The fourth-order valence-corrected chi connectivity index (χ4v) is 6.09. The van der Waals surface area contributed by atoms with Crippen molar-refractivity contribution in [2.45, 2.75) is 44.7 Å². The Morgan fingerprint density at radius 3 is 2.13 bits per heavy atom. The molecule has 4 fully saturated rings. The molecule has 0 radical (unpaired) electrons. The van der Waals surface area contributed by atoms with Crippen molar-refractivity contribution in [3.63, 3.8) is 0 Å². The van der Waals surface area contributed by atoms with E-state index in [9.17, 15) is 22.8 Å². The van der Waals surface area contributed by atoms with E-state index < -0.39 is 17.6 Å². The van der Waals surface area contributed by atoms with Gasteiger partial charge in [0.15, 0.2) is 0 Å². The molecular weight excluding hydrogens is 395 g/mol. The van der Waals surface area contributed by atoms with E-state index in [4.69, 9.17) is 0 Å². The van der Waals surface area contributed by atoms with Crippen LogP contribution in [0.2, 0.25) is 0 Å². The Balaban J connectivity index is 1.40. The molecule has 0 heterocycles. The van der Waals surface area contributed by atoms with Crippen molar-refractivity contribution in [3.05, 3.63) is 23.8 Å². The number of carbonyl (C=O) groups excluding carboxylic acids is 2. The average molecular weight is 423 g/mol. The number of hydrogen-bond acceptors (Lipinski definition) is 3. The van der Waals surface area contributed by atoms with Gasteiger partial charge in [-0.3, -0.25) is 9.59 Å². The summed E-state index contributed by atoms with van der Waals surface area (Å²) in [6.45, 7) is -0.326. The topological polar surface area (TPSA) is 61.4 Å². The van der Waals surface area contributed by atoms with Gasteiger partial charge in [0.25, 0.3) is 0 Å². The predicted molar refractivity (Wildman–Crippen MR) is 108 cm³/mol. The molecule has 4 aliphatic carbocycles. The summed E-state index contributed by atoms with van der Waals surface area (Å²) in [5.74, 6) is 1.02. The van der Waals surface area contributed by atoms with E-state index in [-0.39, 0.29) is 23.6 Å². The van der Waals surface area contributed by atoms with Crippen molar-refractivity contribution in [2.24, 2.45) is 23.2 Å². The van der Waals surface area contributed by atoms with Crippen LogP contribution in [0, 0.1) is 23.2 Å². The number of benzene rings is 1. The van der Waals surface area contributed by atoms with Gasteiger partial charge in [0.1, 0.15) is 0 Å². The van der Waals surface area contributed by atoms with Gasteiger partial charge in [-0.1, -0.05) is 0 Å². The SMILES string of the molecule is CN(C)c1ccc(NC(=O)CNC(=O)C23CC4CC(CC(C4)C2)C3)c(C(F)(F)F)c1. The third-order valence-corrected chi connectivity index (χ3v) is 7.03. The number of halogens is 3. The average Bonchev–Trinajstić information content (AvgIpc) is 2.64. The third-order valence-electron chi connectivity index (χ3n) is 7.03. The number of alkyl halides is 3. The number of carbonyl (C=O) groups is 2. The summed E-state index contributed by atoms with van der Waals surface area (Å²) in [5.41, 5.74) is -1.22. The molecule has 0 saturated heterocycles. The highest BCUT2D eigenvalue weighted by Crippen LogP contribution is 2.60. The number of hydrogen-bond donors (Lipinski definition) is 2. The van der Waals surface area contributed by atoms with Gasteiger partial charge in [-0.15, -0.1) is 0 Å². The molecule has 4 saturated carbocycles. The van der Waals surface area contributed by atoms with Crippen LogP contribution in [0.5, 0.6) is 0 Å². The van der Waals surface area contributed by atoms with Crippen LogP contribution in [0.1, 0.15) is 44.1 Å². The second kappa shape index (κ2) is 7.46. The molecule has 1 aromatic rings. The van der Waals surface area contributed by atoms with Gasteiger partial charge < -0.3 is 15.5 Å². The first kappa shape index (κ1) is 21.0. The van der Waals surface area contributed by atoms with Gasteiger partial charge in [-0.05, 0) is 74.5 Å². The smallest absolute Gasteiger partial charge is 0.378 e. The maximum absolute atomic E-state index is 13.4. The highest BCUT2D eigenvalue weighted by Gasteiger charge is 2.54. The van der Waals surface area contributed by atoms with Crippen LogP contribution in [0.3, 0.4) is 0 Å². The van der Waals surface area contributed by atoms with E-state index >= 15 is 0 Å². The number of nitrogens with zero attached hydrogens (tertiary/aromatic N) is 1. The molecule has 2 N–H and O–H groups in total. The van der Waals surface area contributed by atoms with Crippen molar-refractivity contribution >= 4 is 23.2 Å². The summed E-state index contributed by atoms with van der Waals surface area (Å²) in [5, 5.41) is 5.03. The molecule has 5 rings (SSSR count). The summed E-state index contributed by atoms with van der Waals surface area (Å²) < 4.78 is 40.3. The largest absolute Gasteiger partial charge is 0.418 e. The van der Waals surface area contributed by atoms with Crippen LogP contribution in [0.15, 0.2) is 18.2 Å². The van der Waals surface area contributed by atoms with E-state index in [1.807, 2.05) is 0 Å². The minimum atomic E-state index is -4.60. The number of rotatable bonds is 5.